The standard InChI is InChI=1S/C12H16F3NO/c1-7-4-8(2)9(3)10(5-7)17-11(6-16)12(13,14)15/h4-5,11H,6,16H2,1-3H3. The summed E-state index contributed by atoms with van der Waals surface area (Å²) in [6, 6.07) is 3.49. The smallest absolute Gasteiger partial charge is 0.426 e. The maximum Gasteiger partial charge on any atom is 0.426 e. The number of hydrogen-bond donors (Lipinski definition) is 1. The average Bonchev–Trinajstić information content (AvgIpc) is 2.19. The second-order valence-electron chi connectivity index (χ2n) is 4.09. The molecule has 1 aromatic carbocycles. The highest BCUT2D eigenvalue weighted by atomic mass is 19.4. The second-order valence-corrected chi connectivity index (χ2v) is 4.09. The molecule has 0 saturated carbocycles. The van der Waals surface area contributed by atoms with Crippen LogP contribution in [0.3, 0.4) is 0 Å². The van der Waals surface area contributed by atoms with E-state index in [4.69, 9.17) is 10.5 Å². The van der Waals surface area contributed by atoms with E-state index in [1.54, 1.807) is 13.0 Å². The van der Waals surface area contributed by atoms with Crippen molar-refractivity contribution in [3.05, 3.63) is 28.8 Å². The minimum atomic E-state index is -4.45. The van der Waals surface area contributed by atoms with Crippen LogP contribution in [0.2, 0.25) is 0 Å². The number of nitrogens with two attached hydrogens (primary N) is 1. The summed E-state index contributed by atoms with van der Waals surface area (Å²) < 4.78 is 42.6. The number of hydrogen-bond acceptors (Lipinski definition) is 2. The summed E-state index contributed by atoms with van der Waals surface area (Å²) in [4.78, 5) is 0. The summed E-state index contributed by atoms with van der Waals surface area (Å²) in [6.07, 6.45) is -6.40. The van der Waals surface area contributed by atoms with E-state index in [1.807, 2.05) is 19.9 Å². The van der Waals surface area contributed by atoms with Gasteiger partial charge in [0.1, 0.15) is 5.75 Å². The van der Waals surface area contributed by atoms with E-state index < -0.39 is 18.8 Å². The number of halogens is 3. The van der Waals surface area contributed by atoms with Crippen LogP contribution in [0, 0.1) is 20.8 Å². The Morgan fingerprint density at radius 3 is 2.29 bits per heavy atom. The van der Waals surface area contributed by atoms with Gasteiger partial charge >= 0.3 is 6.18 Å². The highest BCUT2D eigenvalue weighted by Crippen LogP contribution is 2.29. The highest BCUT2D eigenvalue weighted by Gasteiger charge is 2.41. The third-order valence-corrected chi connectivity index (χ3v) is 2.61. The second kappa shape index (κ2) is 4.96. The first-order valence-corrected chi connectivity index (χ1v) is 5.27. The molecule has 0 spiro atoms. The third kappa shape index (κ3) is 3.36. The molecule has 2 nitrogen and oxygen atoms in total. The Hall–Kier alpha value is -1.23. The maximum absolute atomic E-state index is 12.5. The summed E-state index contributed by atoms with van der Waals surface area (Å²) in [5.74, 6) is 0.246. The molecule has 0 aliphatic carbocycles. The Balaban J connectivity index is 3.02. The summed E-state index contributed by atoms with van der Waals surface area (Å²) in [7, 11) is 0. The Kier molecular flexibility index (Phi) is 4.03. The molecule has 5 heteroatoms. The largest absolute Gasteiger partial charge is 0.479 e. The fourth-order valence-corrected chi connectivity index (χ4v) is 1.53. The fourth-order valence-electron chi connectivity index (χ4n) is 1.53. The Morgan fingerprint density at radius 1 is 1.24 bits per heavy atom. The minimum Gasteiger partial charge on any atom is -0.479 e. The van der Waals surface area contributed by atoms with Crippen molar-refractivity contribution >= 4 is 0 Å². The normalized spacial score (nSPS) is 13.6. The monoisotopic (exact) mass is 247 g/mol. The average molecular weight is 247 g/mol. The van der Waals surface area contributed by atoms with Crippen molar-refractivity contribution in [2.45, 2.75) is 33.1 Å². The van der Waals surface area contributed by atoms with Crippen LogP contribution in [0.1, 0.15) is 16.7 Å². The van der Waals surface area contributed by atoms with Gasteiger partial charge in [0.2, 0.25) is 6.10 Å². The summed E-state index contributed by atoms with van der Waals surface area (Å²) in [5.41, 5.74) is 7.56. The molecule has 2 N–H and O–H groups in total. The van der Waals surface area contributed by atoms with E-state index in [-0.39, 0.29) is 5.75 Å². The lowest BCUT2D eigenvalue weighted by atomic mass is 10.1. The first-order valence-electron chi connectivity index (χ1n) is 5.27. The van der Waals surface area contributed by atoms with E-state index >= 15 is 0 Å². The predicted molar refractivity (Wildman–Crippen MR) is 60.2 cm³/mol. The molecule has 0 saturated heterocycles. The van der Waals surface area contributed by atoms with Crippen LogP contribution in [0.4, 0.5) is 13.2 Å². The van der Waals surface area contributed by atoms with E-state index in [9.17, 15) is 13.2 Å². The van der Waals surface area contributed by atoms with Gasteiger partial charge in [0.25, 0.3) is 0 Å². The molecular weight excluding hydrogens is 231 g/mol. The van der Waals surface area contributed by atoms with Gasteiger partial charge in [-0.25, -0.2) is 0 Å². The molecule has 96 valence electrons. The lowest BCUT2D eigenvalue weighted by Crippen LogP contribution is -2.40. The zero-order valence-corrected chi connectivity index (χ0v) is 10.1. The molecule has 0 bridgehead atoms. The minimum absolute atomic E-state index is 0.246. The zero-order valence-electron chi connectivity index (χ0n) is 10.1. The molecule has 17 heavy (non-hydrogen) atoms. The van der Waals surface area contributed by atoms with Gasteiger partial charge in [-0.15, -0.1) is 0 Å². The van der Waals surface area contributed by atoms with E-state index in [2.05, 4.69) is 0 Å². The SMILES string of the molecule is Cc1cc(C)c(C)c(OC(CN)C(F)(F)F)c1. The quantitative estimate of drug-likeness (QED) is 0.891. The van der Waals surface area contributed by atoms with Gasteiger partial charge in [0.05, 0.1) is 0 Å². The van der Waals surface area contributed by atoms with Crippen molar-refractivity contribution in [1.82, 2.24) is 0 Å². The molecule has 0 aliphatic heterocycles. The molecule has 0 radical (unpaired) electrons. The van der Waals surface area contributed by atoms with Crippen LogP contribution in [0.25, 0.3) is 0 Å². The van der Waals surface area contributed by atoms with Crippen LogP contribution < -0.4 is 10.5 Å². The number of benzene rings is 1. The molecule has 0 aromatic heterocycles. The number of aryl methyl sites for hydroxylation is 2. The maximum atomic E-state index is 12.5. The van der Waals surface area contributed by atoms with Crippen molar-refractivity contribution in [2.24, 2.45) is 5.73 Å². The first-order chi connectivity index (χ1) is 7.75. The summed E-state index contributed by atoms with van der Waals surface area (Å²) in [5, 5.41) is 0. The topological polar surface area (TPSA) is 35.2 Å². The molecule has 1 atom stereocenters. The number of ether oxygens (including phenoxy) is 1. The molecular formula is C12H16F3NO. The zero-order chi connectivity index (χ0) is 13.2. The van der Waals surface area contributed by atoms with Crippen molar-refractivity contribution < 1.29 is 17.9 Å². The van der Waals surface area contributed by atoms with Crippen LogP contribution in [-0.4, -0.2) is 18.8 Å². The Morgan fingerprint density at radius 2 is 1.82 bits per heavy atom. The Labute approximate surface area is 98.6 Å². The van der Waals surface area contributed by atoms with E-state index in [1.165, 1.54) is 0 Å². The predicted octanol–water partition coefficient (Wildman–Crippen LogP) is 2.88. The molecule has 1 unspecified atom stereocenters. The van der Waals surface area contributed by atoms with Crippen LogP contribution in [0.15, 0.2) is 12.1 Å². The van der Waals surface area contributed by atoms with Gasteiger partial charge in [0.15, 0.2) is 0 Å². The fraction of sp³-hybridized carbons (Fsp3) is 0.500. The molecule has 0 aliphatic rings. The van der Waals surface area contributed by atoms with Crippen LogP contribution in [0.5, 0.6) is 5.75 Å². The van der Waals surface area contributed by atoms with Crippen molar-refractivity contribution in [3.8, 4) is 5.75 Å². The van der Waals surface area contributed by atoms with E-state index in [0.717, 1.165) is 11.1 Å². The first kappa shape index (κ1) is 13.8. The van der Waals surface area contributed by atoms with Crippen molar-refractivity contribution in [1.29, 1.82) is 0 Å². The Bertz CT molecular complexity index is 401. The van der Waals surface area contributed by atoms with Crippen LogP contribution in [-0.2, 0) is 0 Å². The number of alkyl halides is 3. The van der Waals surface area contributed by atoms with Crippen LogP contribution >= 0.6 is 0 Å². The van der Waals surface area contributed by atoms with Gasteiger partial charge < -0.3 is 10.5 Å². The van der Waals surface area contributed by atoms with Gasteiger partial charge in [-0.1, -0.05) is 6.07 Å². The lowest BCUT2D eigenvalue weighted by molar-refractivity contribution is -0.191. The molecule has 1 rings (SSSR count). The lowest BCUT2D eigenvalue weighted by Gasteiger charge is -2.22. The summed E-state index contributed by atoms with van der Waals surface area (Å²) in [6.45, 7) is 4.79. The molecule has 0 heterocycles. The third-order valence-electron chi connectivity index (χ3n) is 2.61. The van der Waals surface area contributed by atoms with Gasteiger partial charge in [0, 0.05) is 6.54 Å². The molecule has 0 fully saturated rings. The van der Waals surface area contributed by atoms with E-state index in [0.29, 0.717) is 5.56 Å². The molecule has 1 aromatic rings. The van der Waals surface area contributed by atoms with Crippen molar-refractivity contribution in [3.63, 3.8) is 0 Å². The van der Waals surface area contributed by atoms with Gasteiger partial charge in [-0.2, -0.15) is 13.2 Å². The van der Waals surface area contributed by atoms with Gasteiger partial charge in [-0.05, 0) is 43.5 Å². The summed E-state index contributed by atoms with van der Waals surface area (Å²) >= 11 is 0. The highest BCUT2D eigenvalue weighted by molar-refractivity contribution is 5.42. The molecule has 0 amide bonds. The van der Waals surface area contributed by atoms with Crippen molar-refractivity contribution in [2.75, 3.05) is 6.54 Å². The number of rotatable bonds is 3. The van der Waals surface area contributed by atoms with Gasteiger partial charge in [-0.3, -0.25) is 0 Å².